The maximum atomic E-state index is 13.7. The van der Waals surface area contributed by atoms with E-state index in [1.807, 2.05) is 13.0 Å². The lowest BCUT2D eigenvalue weighted by molar-refractivity contribution is -0.385. The van der Waals surface area contributed by atoms with Crippen LogP contribution in [0.15, 0.2) is 69.8 Å². The van der Waals surface area contributed by atoms with Gasteiger partial charge in [0.15, 0.2) is 0 Å². The smallest absolute Gasteiger partial charge is 0.270 e. The molecule has 152 valence electrons. The van der Waals surface area contributed by atoms with Crippen LogP contribution in [0.1, 0.15) is 18.9 Å². The molecule has 3 rings (SSSR count). The highest BCUT2D eigenvalue weighted by molar-refractivity contribution is 7.99. The first-order valence-corrected chi connectivity index (χ1v) is 10.1. The molecule has 0 radical (unpaired) electrons. The highest BCUT2D eigenvalue weighted by atomic mass is 32.2. The van der Waals surface area contributed by atoms with Crippen molar-refractivity contribution in [1.29, 1.82) is 0 Å². The Morgan fingerprint density at radius 3 is 2.83 bits per heavy atom. The van der Waals surface area contributed by atoms with Crippen LogP contribution in [0.3, 0.4) is 0 Å². The first-order chi connectivity index (χ1) is 13.9. The molecule has 0 saturated carbocycles. The molecular formula is C20H22FN5O2S. The van der Waals surface area contributed by atoms with E-state index in [-0.39, 0.29) is 11.5 Å². The molecule has 2 aromatic carbocycles. The highest BCUT2D eigenvalue weighted by Crippen LogP contribution is 2.28. The van der Waals surface area contributed by atoms with Crippen LogP contribution in [-0.4, -0.2) is 23.4 Å². The normalized spacial score (nSPS) is 18.4. The number of non-ortho nitro benzene ring substituents is 1. The van der Waals surface area contributed by atoms with E-state index >= 15 is 0 Å². The number of thioether (sulfide) groups is 1. The van der Waals surface area contributed by atoms with Crippen molar-refractivity contribution < 1.29 is 9.31 Å². The molecule has 0 amide bonds. The summed E-state index contributed by atoms with van der Waals surface area (Å²) < 4.78 is 13.7. The van der Waals surface area contributed by atoms with Gasteiger partial charge in [-0.2, -0.15) is 0 Å². The molecule has 1 unspecified atom stereocenters. The molecular weight excluding hydrogens is 393 g/mol. The summed E-state index contributed by atoms with van der Waals surface area (Å²) in [6.07, 6.45) is 2.58. The molecule has 1 atom stereocenters. The van der Waals surface area contributed by atoms with Gasteiger partial charge in [0.25, 0.3) is 5.69 Å². The third kappa shape index (κ3) is 5.12. The number of nitrogens with one attached hydrogen (secondary N) is 2. The van der Waals surface area contributed by atoms with Crippen molar-refractivity contribution in [1.82, 2.24) is 10.6 Å². The van der Waals surface area contributed by atoms with Crippen molar-refractivity contribution >= 4 is 23.7 Å². The van der Waals surface area contributed by atoms with E-state index in [1.165, 1.54) is 36.0 Å². The van der Waals surface area contributed by atoms with Crippen LogP contribution in [0.5, 0.6) is 0 Å². The minimum atomic E-state index is -1.28. The molecule has 1 heterocycles. The van der Waals surface area contributed by atoms with Gasteiger partial charge >= 0.3 is 0 Å². The Morgan fingerprint density at radius 1 is 1.31 bits per heavy atom. The van der Waals surface area contributed by atoms with Crippen LogP contribution in [0.2, 0.25) is 0 Å². The van der Waals surface area contributed by atoms with Gasteiger partial charge in [0.05, 0.1) is 4.92 Å². The Kier molecular flexibility index (Phi) is 6.50. The summed E-state index contributed by atoms with van der Waals surface area (Å²) in [6.45, 7) is 2.77. The van der Waals surface area contributed by atoms with E-state index in [0.717, 1.165) is 23.4 Å². The summed E-state index contributed by atoms with van der Waals surface area (Å²) in [5.74, 6) is -0.421. The number of hydrogen-bond donors (Lipinski definition) is 3. The Labute approximate surface area is 172 Å². The van der Waals surface area contributed by atoms with Gasteiger partial charge in [-0.25, -0.2) is 9.38 Å². The number of nitro groups is 1. The van der Waals surface area contributed by atoms with Gasteiger partial charge < -0.3 is 10.6 Å². The average Bonchev–Trinajstić information content (AvgIpc) is 2.72. The minimum Gasteiger partial charge on any atom is -0.372 e. The van der Waals surface area contributed by atoms with E-state index in [2.05, 4.69) is 15.6 Å². The highest BCUT2D eigenvalue weighted by Gasteiger charge is 2.31. The summed E-state index contributed by atoms with van der Waals surface area (Å²) in [6, 6.07) is 12.5. The van der Waals surface area contributed by atoms with Crippen LogP contribution in [0.25, 0.3) is 0 Å². The number of rotatable bonds is 8. The van der Waals surface area contributed by atoms with Crippen molar-refractivity contribution in [2.75, 3.05) is 12.3 Å². The summed E-state index contributed by atoms with van der Waals surface area (Å²) in [5, 5.41) is 17.5. The molecule has 0 saturated heterocycles. The predicted molar refractivity (Wildman–Crippen MR) is 113 cm³/mol. The lowest BCUT2D eigenvalue weighted by Gasteiger charge is -2.33. The first-order valence-electron chi connectivity index (χ1n) is 9.14. The Bertz CT molecular complexity index is 965. The standard InChI is InChI=1S/C20H22FN5O2S/c1-2-9-23-19-14(13-29-18-8-4-7-17(11-18)26(27)28)12-24-20(22,25-19)15-5-3-6-16(21)10-15/h3-8,10-12,23,25H,2,9,13,22H2,1H3. The molecule has 0 aliphatic carbocycles. The molecule has 0 spiro atoms. The monoisotopic (exact) mass is 415 g/mol. The Morgan fingerprint density at radius 2 is 2.10 bits per heavy atom. The van der Waals surface area contributed by atoms with Gasteiger partial charge in [0.2, 0.25) is 5.79 Å². The lowest BCUT2D eigenvalue weighted by Crippen LogP contribution is -2.53. The summed E-state index contributed by atoms with van der Waals surface area (Å²) in [5.41, 5.74) is 7.83. The van der Waals surface area contributed by atoms with Crippen LogP contribution in [0, 0.1) is 15.9 Å². The fourth-order valence-corrected chi connectivity index (χ4v) is 3.70. The number of nitrogens with two attached hydrogens (primary N) is 1. The number of aliphatic imine (C=N–C) groups is 1. The number of nitro benzene ring substituents is 1. The van der Waals surface area contributed by atoms with Crippen LogP contribution >= 0.6 is 11.8 Å². The maximum absolute atomic E-state index is 13.7. The summed E-state index contributed by atoms with van der Waals surface area (Å²) in [4.78, 5) is 15.8. The number of hydrogen-bond acceptors (Lipinski definition) is 7. The second-order valence-corrected chi connectivity index (χ2v) is 7.58. The molecule has 2 aromatic rings. The fraction of sp³-hybridized carbons (Fsp3) is 0.250. The first kappa shape index (κ1) is 20.8. The molecule has 0 bridgehead atoms. The number of benzene rings is 2. The van der Waals surface area contributed by atoms with E-state index in [1.54, 1.807) is 24.4 Å². The Hall–Kier alpha value is -2.91. The van der Waals surface area contributed by atoms with E-state index in [4.69, 9.17) is 5.73 Å². The second-order valence-electron chi connectivity index (χ2n) is 6.53. The van der Waals surface area contributed by atoms with Gasteiger partial charge in [-0.3, -0.25) is 15.8 Å². The zero-order valence-corrected chi connectivity index (χ0v) is 16.7. The van der Waals surface area contributed by atoms with E-state index in [0.29, 0.717) is 17.1 Å². The zero-order chi connectivity index (χ0) is 20.9. The van der Waals surface area contributed by atoms with Crippen molar-refractivity contribution in [3.05, 3.63) is 81.4 Å². The lowest BCUT2D eigenvalue weighted by atomic mass is 10.1. The van der Waals surface area contributed by atoms with Gasteiger partial charge in [0.1, 0.15) is 11.6 Å². The summed E-state index contributed by atoms with van der Waals surface area (Å²) >= 11 is 1.46. The second kappa shape index (κ2) is 9.06. The van der Waals surface area contributed by atoms with Crippen molar-refractivity contribution in [2.24, 2.45) is 10.7 Å². The third-order valence-electron chi connectivity index (χ3n) is 4.30. The fourth-order valence-electron chi connectivity index (χ4n) is 2.78. The minimum absolute atomic E-state index is 0.0517. The maximum Gasteiger partial charge on any atom is 0.270 e. The van der Waals surface area contributed by atoms with Gasteiger partial charge in [-0.05, 0) is 24.6 Å². The molecule has 4 N–H and O–H groups in total. The third-order valence-corrected chi connectivity index (χ3v) is 5.34. The molecule has 0 fully saturated rings. The van der Waals surface area contributed by atoms with Crippen LogP contribution in [0.4, 0.5) is 10.1 Å². The van der Waals surface area contributed by atoms with Gasteiger partial charge in [-0.15, -0.1) is 11.8 Å². The van der Waals surface area contributed by atoms with Crippen LogP contribution in [-0.2, 0) is 5.79 Å². The molecule has 29 heavy (non-hydrogen) atoms. The van der Waals surface area contributed by atoms with E-state index in [9.17, 15) is 14.5 Å². The molecule has 1 aliphatic heterocycles. The summed E-state index contributed by atoms with van der Waals surface area (Å²) in [7, 11) is 0. The number of halogens is 1. The quantitative estimate of drug-likeness (QED) is 0.346. The van der Waals surface area contributed by atoms with Gasteiger partial charge in [-0.1, -0.05) is 25.1 Å². The van der Waals surface area contributed by atoms with Crippen molar-refractivity contribution in [2.45, 2.75) is 24.0 Å². The number of nitrogens with zero attached hydrogens (tertiary/aromatic N) is 2. The SMILES string of the molecule is CCCNC1=C(CSc2cccc([N+](=O)[O-])c2)C=NC(N)(c2cccc(F)c2)N1. The molecule has 1 aliphatic rings. The molecule has 7 nitrogen and oxygen atoms in total. The van der Waals surface area contributed by atoms with Crippen molar-refractivity contribution in [3.63, 3.8) is 0 Å². The zero-order valence-electron chi connectivity index (χ0n) is 15.9. The van der Waals surface area contributed by atoms with Gasteiger partial charge in [0, 0.05) is 46.7 Å². The molecule has 0 aromatic heterocycles. The van der Waals surface area contributed by atoms with E-state index < -0.39 is 10.7 Å². The largest absolute Gasteiger partial charge is 0.372 e. The molecule has 9 heteroatoms. The average molecular weight is 415 g/mol. The Balaban J connectivity index is 1.80. The predicted octanol–water partition coefficient (Wildman–Crippen LogP) is 3.48. The topological polar surface area (TPSA) is 106 Å². The van der Waals surface area contributed by atoms with Crippen LogP contribution < -0.4 is 16.4 Å². The van der Waals surface area contributed by atoms with Crippen molar-refractivity contribution in [3.8, 4) is 0 Å².